The molecule has 4 rings (SSSR count). The van der Waals surface area contributed by atoms with Gasteiger partial charge in [-0.05, 0) is 55.6 Å². The summed E-state index contributed by atoms with van der Waals surface area (Å²) < 4.78 is 1.95. The number of hydrogen-bond donors (Lipinski definition) is 1. The minimum Gasteiger partial charge on any atom is -0.396 e. The molecule has 0 bridgehead atoms. The molecule has 1 saturated carbocycles. The maximum Gasteiger partial charge on any atom is 0.0962 e. The van der Waals surface area contributed by atoms with Gasteiger partial charge < -0.3 is 5.11 Å². The van der Waals surface area contributed by atoms with Gasteiger partial charge in [0, 0.05) is 19.0 Å². The van der Waals surface area contributed by atoms with E-state index in [4.69, 9.17) is 0 Å². The maximum atomic E-state index is 9.48. The monoisotopic (exact) mass is 284 g/mol. The Morgan fingerprint density at radius 2 is 2.24 bits per heavy atom. The lowest BCUT2D eigenvalue weighted by Crippen LogP contribution is -2.12. The van der Waals surface area contributed by atoms with Crippen molar-refractivity contribution >= 4 is 0 Å². The van der Waals surface area contributed by atoms with Crippen LogP contribution in [0.3, 0.4) is 0 Å². The summed E-state index contributed by atoms with van der Waals surface area (Å²) >= 11 is 0. The SMILES string of the molecule is OCC(Cc1cn(C2CCc3cccnc32)nn1)C1CC1. The summed E-state index contributed by atoms with van der Waals surface area (Å²) in [5, 5.41) is 18.1. The van der Waals surface area contributed by atoms with Crippen LogP contribution in [0.2, 0.25) is 0 Å². The largest absolute Gasteiger partial charge is 0.396 e. The van der Waals surface area contributed by atoms with Gasteiger partial charge in [0.25, 0.3) is 0 Å². The van der Waals surface area contributed by atoms with E-state index >= 15 is 0 Å². The molecule has 2 aromatic rings. The van der Waals surface area contributed by atoms with Crippen molar-refractivity contribution in [2.75, 3.05) is 6.61 Å². The number of nitrogens with zero attached hydrogens (tertiary/aromatic N) is 4. The van der Waals surface area contributed by atoms with Crippen LogP contribution >= 0.6 is 0 Å². The van der Waals surface area contributed by atoms with E-state index in [2.05, 4.69) is 21.4 Å². The summed E-state index contributed by atoms with van der Waals surface area (Å²) in [6.45, 7) is 0.255. The molecule has 1 N–H and O–H groups in total. The molecule has 1 fully saturated rings. The Morgan fingerprint density at radius 3 is 3.05 bits per heavy atom. The van der Waals surface area contributed by atoms with Crippen LogP contribution in [-0.2, 0) is 12.8 Å². The van der Waals surface area contributed by atoms with E-state index < -0.39 is 0 Å². The third-order valence-electron chi connectivity index (χ3n) is 4.80. The maximum absolute atomic E-state index is 9.48. The molecular formula is C16H20N4O. The van der Waals surface area contributed by atoms with E-state index in [0.29, 0.717) is 11.8 Å². The Labute approximate surface area is 124 Å². The molecule has 5 heteroatoms. The van der Waals surface area contributed by atoms with E-state index in [-0.39, 0.29) is 12.6 Å². The van der Waals surface area contributed by atoms with Crippen molar-refractivity contribution < 1.29 is 5.11 Å². The molecule has 5 nitrogen and oxygen atoms in total. The van der Waals surface area contributed by atoms with Gasteiger partial charge in [-0.1, -0.05) is 11.3 Å². The summed E-state index contributed by atoms with van der Waals surface area (Å²) in [6.07, 6.45) is 9.33. The average Bonchev–Trinajstić information content (AvgIpc) is 3.10. The first-order valence-corrected chi connectivity index (χ1v) is 7.80. The van der Waals surface area contributed by atoms with Crippen LogP contribution in [0.15, 0.2) is 24.5 Å². The number of fused-ring (bicyclic) bond motifs is 1. The van der Waals surface area contributed by atoms with Crippen LogP contribution in [0, 0.1) is 11.8 Å². The normalized spacial score (nSPS) is 22.2. The van der Waals surface area contributed by atoms with Crippen LogP contribution in [0.25, 0.3) is 0 Å². The molecule has 21 heavy (non-hydrogen) atoms. The number of aromatic nitrogens is 4. The molecule has 0 saturated heterocycles. The summed E-state index contributed by atoms with van der Waals surface area (Å²) in [7, 11) is 0. The second-order valence-corrected chi connectivity index (χ2v) is 6.28. The standard InChI is InChI=1S/C16H20N4O/c21-10-13(11-3-4-11)8-14-9-20(19-18-14)15-6-5-12-2-1-7-17-16(12)15/h1-2,7,9,11,13,15,21H,3-6,8,10H2. The molecule has 2 atom stereocenters. The number of aliphatic hydroxyl groups is 1. The fraction of sp³-hybridized carbons (Fsp3) is 0.562. The van der Waals surface area contributed by atoms with Crippen LogP contribution in [0.5, 0.6) is 0 Å². The zero-order valence-electron chi connectivity index (χ0n) is 12.0. The Bertz CT molecular complexity index is 635. The highest BCUT2D eigenvalue weighted by Gasteiger charge is 2.32. The molecule has 2 heterocycles. The van der Waals surface area contributed by atoms with E-state index in [0.717, 1.165) is 30.7 Å². The van der Waals surface area contributed by atoms with E-state index in [1.54, 1.807) is 0 Å². The minimum absolute atomic E-state index is 0.218. The number of aliphatic hydroxyl groups excluding tert-OH is 1. The van der Waals surface area contributed by atoms with Crippen LogP contribution in [-0.4, -0.2) is 31.7 Å². The second-order valence-electron chi connectivity index (χ2n) is 6.28. The van der Waals surface area contributed by atoms with E-state index in [1.165, 1.54) is 18.4 Å². The molecule has 2 aliphatic rings. The van der Waals surface area contributed by atoms with Gasteiger partial charge in [-0.15, -0.1) is 5.10 Å². The van der Waals surface area contributed by atoms with Gasteiger partial charge in [0.05, 0.1) is 17.4 Å². The lowest BCUT2D eigenvalue weighted by molar-refractivity contribution is 0.208. The van der Waals surface area contributed by atoms with Gasteiger partial charge in [0.2, 0.25) is 0 Å². The van der Waals surface area contributed by atoms with Crippen molar-refractivity contribution in [2.45, 2.75) is 38.1 Å². The first-order valence-electron chi connectivity index (χ1n) is 7.80. The first kappa shape index (κ1) is 13.0. The fourth-order valence-electron chi connectivity index (χ4n) is 3.42. The summed E-state index contributed by atoms with van der Waals surface area (Å²) in [6, 6.07) is 4.36. The van der Waals surface area contributed by atoms with Gasteiger partial charge in [-0.25, -0.2) is 4.68 Å². The van der Waals surface area contributed by atoms with Crippen LogP contribution < -0.4 is 0 Å². The van der Waals surface area contributed by atoms with Gasteiger partial charge in [0.1, 0.15) is 0 Å². The second kappa shape index (κ2) is 5.22. The van der Waals surface area contributed by atoms with Gasteiger partial charge >= 0.3 is 0 Å². The quantitative estimate of drug-likeness (QED) is 0.909. The minimum atomic E-state index is 0.218. The van der Waals surface area contributed by atoms with Crippen molar-refractivity contribution in [1.82, 2.24) is 20.0 Å². The van der Waals surface area contributed by atoms with Gasteiger partial charge in [0.15, 0.2) is 0 Å². The van der Waals surface area contributed by atoms with Crippen molar-refractivity contribution in [1.29, 1.82) is 0 Å². The predicted molar refractivity (Wildman–Crippen MR) is 77.7 cm³/mol. The molecule has 0 aliphatic heterocycles. The molecule has 0 aromatic carbocycles. The van der Waals surface area contributed by atoms with E-state index in [1.807, 2.05) is 23.1 Å². The molecule has 2 aromatic heterocycles. The number of rotatable bonds is 5. The molecular weight excluding hydrogens is 264 g/mol. The van der Waals surface area contributed by atoms with Crippen molar-refractivity contribution in [3.05, 3.63) is 41.5 Å². The highest BCUT2D eigenvalue weighted by Crippen LogP contribution is 2.38. The summed E-state index contributed by atoms with van der Waals surface area (Å²) in [5.41, 5.74) is 3.45. The Kier molecular flexibility index (Phi) is 3.22. The zero-order valence-corrected chi connectivity index (χ0v) is 12.0. The Hall–Kier alpha value is -1.75. The number of aryl methyl sites for hydroxylation is 1. The highest BCUT2D eigenvalue weighted by atomic mass is 16.3. The lowest BCUT2D eigenvalue weighted by atomic mass is 9.99. The molecule has 2 unspecified atom stereocenters. The Morgan fingerprint density at radius 1 is 1.33 bits per heavy atom. The van der Waals surface area contributed by atoms with Crippen LogP contribution in [0.1, 0.15) is 42.3 Å². The molecule has 2 aliphatic carbocycles. The van der Waals surface area contributed by atoms with Gasteiger partial charge in [-0.2, -0.15) is 0 Å². The van der Waals surface area contributed by atoms with Crippen molar-refractivity contribution in [2.24, 2.45) is 11.8 Å². The highest BCUT2D eigenvalue weighted by molar-refractivity contribution is 5.28. The number of pyridine rings is 1. The first-order chi connectivity index (χ1) is 10.3. The average molecular weight is 284 g/mol. The van der Waals surface area contributed by atoms with Crippen molar-refractivity contribution in [3.63, 3.8) is 0 Å². The van der Waals surface area contributed by atoms with Crippen LogP contribution in [0.4, 0.5) is 0 Å². The molecule has 110 valence electrons. The van der Waals surface area contributed by atoms with E-state index in [9.17, 15) is 5.11 Å². The lowest BCUT2D eigenvalue weighted by Gasteiger charge is -2.11. The summed E-state index contributed by atoms with van der Waals surface area (Å²) in [5.74, 6) is 1.04. The predicted octanol–water partition coefficient (Wildman–Crippen LogP) is 1.77. The zero-order chi connectivity index (χ0) is 14.2. The Balaban J connectivity index is 1.52. The third-order valence-corrected chi connectivity index (χ3v) is 4.80. The molecule has 0 radical (unpaired) electrons. The topological polar surface area (TPSA) is 63.8 Å². The van der Waals surface area contributed by atoms with Gasteiger partial charge in [-0.3, -0.25) is 4.98 Å². The molecule has 0 amide bonds. The number of hydrogen-bond acceptors (Lipinski definition) is 4. The molecule has 0 spiro atoms. The van der Waals surface area contributed by atoms with Crippen molar-refractivity contribution in [3.8, 4) is 0 Å². The smallest absolute Gasteiger partial charge is 0.0962 e. The fourth-order valence-corrected chi connectivity index (χ4v) is 3.42. The third kappa shape index (κ3) is 2.46. The summed E-state index contributed by atoms with van der Waals surface area (Å²) in [4.78, 5) is 4.51.